The number of thiazole rings is 1. The van der Waals surface area contributed by atoms with Crippen LogP contribution in [0, 0.1) is 12.7 Å². The van der Waals surface area contributed by atoms with E-state index in [1.165, 1.54) is 12.1 Å². The Morgan fingerprint density at radius 2 is 1.96 bits per heavy atom. The maximum Gasteiger partial charge on any atom is 0.243 e. The van der Waals surface area contributed by atoms with Crippen molar-refractivity contribution >= 4 is 28.6 Å². The maximum absolute atomic E-state index is 12.8. The third-order valence-corrected chi connectivity index (χ3v) is 4.13. The lowest BCUT2D eigenvalue weighted by Gasteiger charge is -2.08. The number of benzene rings is 2. The van der Waals surface area contributed by atoms with Crippen LogP contribution in [0.15, 0.2) is 53.9 Å². The van der Waals surface area contributed by atoms with Crippen LogP contribution in [0.2, 0.25) is 0 Å². The predicted octanol–water partition coefficient (Wildman–Crippen LogP) is 4.31. The lowest BCUT2D eigenvalue weighted by atomic mass is 10.1. The van der Waals surface area contributed by atoms with E-state index in [9.17, 15) is 9.18 Å². The van der Waals surface area contributed by atoms with Crippen molar-refractivity contribution < 1.29 is 9.18 Å². The van der Waals surface area contributed by atoms with Crippen molar-refractivity contribution in [1.82, 2.24) is 4.98 Å². The van der Waals surface area contributed by atoms with Gasteiger partial charge in [-0.25, -0.2) is 9.37 Å². The van der Waals surface area contributed by atoms with Gasteiger partial charge >= 0.3 is 0 Å². The van der Waals surface area contributed by atoms with Crippen molar-refractivity contribution in [2.24, 2.45) is 0 Å². The fourth-order valence-electron chi connectivity index (χ4n) is 2.21. The van der Waals surface area contributed by atoms with Gasteiger partial charge in [0.15, 0.2) is 0 Å². The van der Waals surface area contributed by atoms with Gasteiger partial charge in [-0.2, -0.15) is 0 Å². The second-order valence-electron chi connectivity index (χ2n) is 5.24. The summed E-state index contributed by atoms with van der Waals surface area (Å²) >= 11 is 1.59. The molecular weight excluding hydrogens is 325 g/mol. The summed E-state index contributed by atoms with van der Waals surface area (Å²) in [6.07, 6.45) is 0. The predicted molar refractivity (Wildman–Crippen MR) is 95.8 cm³/mol. The molecule has 0 bridgehead atoms. The molecule has 1 amide bonds. The molecule has 1 heterocycles. The van der Waals surface area contributed by atoms with Crippen LogP contribution in [0.5, 0.6) is 0 Å². The van der Waals surface area contributed by atoms with Gasteiger partial charge in [0.1, 0.15) is 5.82 Å². The van der Waals surface area contributed by atoms with Crippen molar-refractivity contribution in [3.8, 4) is 11.3 Å². The normalized spacial score (nSPS) is 10.4. The molecular formula is C18H16FN3OS. The number of anilines is 2. The van der Waals surface area contributed by atoms with Crippen LogP contribution in [0.4, 0.5) is 15.8 Å². The zero-order valence-electron chi connectivity index (χ0n) is 13.0. The fraction of sp³-hybridized carbons (Fsp3) is 0.111. The van der Waals surface area contributed by atoms with Crippen LogP contribution in [0.3, 0.4) is 0 Å². The first-order chi connectivity index (χ1) is 11.6. The van der Waals surface area contributed by atoms with Crippen LogP contribution >= 0.6 is 11.3 Å². The number of amides is 1. The molecule has 0 aliphatic heterocycles. The third-order valence-electron chi connectivity index (χ3n) is 3.36. The van der Waals surface area contributed by atoms with E-state index >= 15 is 0 Å². The summed E-state index contributed by atoms with van der Waals surface area (Å²) in [4.78, 5) is 16.5. The lowest BCUT2D eigenvalue weighted by molar-refractivity contribution is -0.114. The Morgan fingerprint density at radius 3 is 2.67 bits per heavy atom. The molecule has 2 N–H and O–H groups in total. The molecule has 1 aromatic heterocycles. The van der Waals surface area contributed by atoms with E-state index in [1.54, 1.807) is 23.5 Å². The molecule has 0 aliphatic rings. The van der Waals surface area contributed by atoms with Gasteiger partial charge in [-0.15, -0.1) is 11.3 Å². The summed E-state index contributed by atoms with van der Waals surface area (Å²) in [5.74, 6) is -0.481. The van der Waals surface area contributed by atoms with Crippen LogP contribution in [0.1, 0.15) is 5.01 Å². The largest absolute Gasteiger partial charge is 0.376 e. The molecule has 0 fully saturated rings. The van der Waals surface area contributed by atoms with Crippen LogP contribution < -0.4 is 10.6 Å². The van der Waals surface area contributed by atoms with Crippen molar-refractivity contribution in [2.45, 2.75) is 6.92 Å². The standard InChI is InChI=1S/C18H16FN3OS/c1-12-21-17(11-24-12)13-3-2-4-16(9-13)22-18(23)10-20-15-7-5-14(19)6-8-15/h2-9,11,20H,10H2,1H3,(H,22,23). The van der Waals surface area contributed by atoms with Gasteiger partial charge in [-0.1, -0.05) is 12.1 Å². The zero-order valence-corrected chi connectivity index (χ0v) is 13.9. The van der Waals surface area contributed by atoms with E-state index in [0.717, 1.165) is 16.3 Å². The van der Waals surface area contributed by atoms with Crippen molar-refractivity contribution in [3.05, 3.63) is 64.7 Å². The minimum Gasteiger partial charge on any atom is -0.376 e. The topological polar surface area (TPSA) is 54.0 Å². The summed E-state index contributed by atoms with van der Waals surface area (Å²) in [6.45, 7) is 2.06. The number of carbonyl (C=O) groups excluding carboxylic acids is 1. The highest BCUT2D eigenvalue weighted by molar-refractivity contribution is 7.09. The van der Waals surface area contributed by atoms with Crippen LogP contribution in [-0.2, 0) is 4.79 Å². The lowest BCUT2D eigenvalue weighted by Crippen LogP contribution is -2.21. The Labute approximate surface area is 143 Å². The molecule has 122 valence electrons. The van der Waals surface area contributed by atoms with E-state index in [0.29, 0.717) is 11.4 Å². The molecule has 0 radical (unpaired) electrons. The number of nitrogens with one attached hydrogen (secondary N) is 2. The summed E-state index contributed by atoms with van der Waals surface area (Å²) in [5, 5.41) is 8.79. The number of halogens is 1. The maximum atomic E-state index is 12.8. The molecule has 2 aromatic carbocycles. The fourth-order valence-corrected chi connectivity index (χ4v) is 2.83. The van der Waals surface area contributed by atoms with Crippen LogP contribution in [0.25, 0.3) is 11.3 Å². The Kier molecular flexibility index (Phi) is 4.86. The van der Waals surface area contributed by atoms with Crippen molar-refractivity contribution in [2.75, 3.05) is 17.2 Å². The van der Waals surface area contributed by atoms with Gasteiger partial charge in [0.25, 0.3) is 0 Å². The molecule has 0 atom stereocenters. The number of aryl methyl sites for hydroxylation is 1. The molecule has 0 unspecified atom stereocenters. The summed E-state index contributed by atoms with van der Waals surface area (Å²) in [7, 11) is 0. The van der Waals surface area contributed by atoms with Crippen LogP contribution in [-0.4, -0.2) is 17.4 Å². The Hall–Kier alpha value is -2.73. The third kappa shape index (κ3) is 4.17. The Bertz CT molecular complexity index is 845. The molecule has 6 heteroatoms. The first-order valence-electron chi connectivity index (χ1n) is 7.42. The summed E-state index contributed by atoms with van der Waals surface area (Å²) < 4.78 is 12.8. The van der Waals surface area contributed by atoms with Gasteiger partial charge in [0, 0.05) is 22.3 Å². The van der Waals surface area contributed by atoms with E-state index in [1.807, 2.05) is 36.6 Å². The highest BCUT2D eigenvalue weighted by Crippen LogP contribution is 2.24. The van der Waals surface area contributed by atoms with Gasteiger partial charge in [0.2, 0.25) is 5.91 Å². The van der Waals surface area contributed by atoms with E-state index in [-0.39, 0.29) is 18.3 Å². The Morgan fingerprint density at radius 1 is 1.17 bits per heavy atom. The SMILES string of the molecule is Cc1nc(-c2cccc(NC(=O)CNc3ccc(F)cc3)c2)cs1. The van der Waals surface area contributed by atoms with Gasteiger partial charge in [0.05, 0.1) is 17.2 Å². The second-order valence-corrected chi connectivity index (χ2v) is 6.30. The number of aromatic nitrogens is 1. The molecule has 3 aromatic rings. The molecule has 0 spiro atoms. The van der Waals surface area contributed by atoms with Gasteiger partial charge in [-0.3, -0.25) is 4.79 Å². The zero-order chi connectivity index (χ0) is 16.9. The first kappa shape index (κ1) is 16.1. The number of hydrogen-bond donors (Lipinski definition) is 2. The molecule has 24 heavy (non-hydrogen) atoms. The molecule has 0 saturated carbocycles. The van der Waals surface area contributed by atoms with Gasteiger partial charge < -0.3 is 10.6 Å². The van der Waals surface area contributed by atoms with Crippen molar-refractivity contribution in [3.63, 3.8) is 0 Å². The summed E-state index contributed by atoms with van der Waals surface area (Å²) in [6, 6.07) is 13.4. The van der Waals surface area contributed by atoms with Gasteiger partial charge in [-0.05, 0) is 43.3 Å². The molecule has 0 aliphatic carbocycles. The molecule has 4 nitrogen and oxygen atoms in total. The number of nitrogens with zero attached hydrogens (tertiary/aromatic N) is 1. The molecule has 0 saturated heterocycles. The minimum atomic E-state index is -0.306. The average Bonchev–Trinajstić information content (AvgIpc) is 3.01. The summed E-state index contributed by atoms with van der Waals surface area (Å²) in [5.41, 5.74) is 3.27. The van der Waals surface area contributed by atoms with E-state index < -0.39 is 0 Å². The number of rotatable bonds is 5. The van der Waals surface area contributed by atoms with E-state index in [4.69, 9.17) is 0 Å². The number of carbonyl (C=O) groups is 1. The second kappa shape index (κ2) is 7.23. The Balaban J connectivity index is 1.61. The monoisotopic (exact) mass is 341 g/mol. The van der Waals surface area contributed by atoms with E-state index in [2.05, 4.69) is 15.6 Å². The highest BCUT2D eigenvalue weighted by Gasteiger charge is 2.06. The first-order valence-corrected chi connectivity index (χ1v) is 8.30. The van der Waals surface area contributed by atoms with Crippen molar-refractivity contribution in [1.29, 1.82) is 0 Å². The highest BCUT2D eigenvalue weighted by atomic mass is 32.1. The minimum absolute atomic E-state index is 0.103. The quantitative estimate of drug-likeness (QED) is 0.727. The average molecular weight is 341 g/mol. The smallest absolute Gasteiger partial charge is 0.243 e. The molecule has 3 rings (SSSR count). The number of hydrogen-bond acceptors (Lipinski definition) is 4.